The maximum Gasteiger partial charge on any atom is 0.270 e. The molecule has 0 bridgehead atoms. The zero-order chi connectivity index (χ0) is 14.0. The highest BCUT2D eigenvalue weighted by molar-refractivity contribution is 5.99. The van der Waals surface area contributed by atoms with Crippen molar-refractivity contribution < 1.29 is 9.72 Å². The lowest BCUT2D eigenvalue weighted by atomic mass is 10.0. The molecule has 1 aliphatic heterocycles. The molecule has 1 unspecified atom stereocenters. The second-order valence-electron chi connectivity index (χ2n) is 4.68. The van der Waals surface area contributed by atoms with Gasteiger partial charge in [0.15, 0.2) is 0 Å². The normalized spacial score (nSPS) is 19.2. The summed E-state index contributed by atoms with van der Waals surface area (Å²) < 4.78 is 0. The van der Waals surface area contributed by atoms with Gasteiger partial charge in [-0.05, 0) is 18.9 Å². The van der Waals surface area contributed by atoms with Crippen molar-refractivity contribution in [3.05, 3.63) is 33.9 Å². The number of carbonyl (C=O) groups is 1. The number of anilines is 1. The molecule has 4 N–H and O–H groups in total. The van der Waals surface area contributed by atoms with Crippen LogP contribution in [0.25, 0.3) is 0 Å². The molecular formula is C12H16N4O3. The van der Waals surface area contributed by atoms with Gasteiger partial charge in [-0.2, -0.15) is 0 Å². The predicted octanol–water partition coefficient (Wildman–Crippen LogP) is 0.740. The number of carbonyl (C=O) groups excluding carboxylic acids is 1. The van der Waals surface area contributed by atoms with Gasteiger partial charge in [-0.15, -0.1) is 0 Å². The maximum absolute atomic E-state index is 12.3. The van der Waals surface area contributed by atoms with Crippen LogP contribution in [0.2, 0.25) is 0 Å². The van der Waals surface area contributed by atoms with E-state index in [0.717, 1.165) is 12.8 Å². The molecule has 2 rings (SSSR count). The molecule has 7 nitrogen and oxygen atoms in total. The van der Waals surface area contributed by atoms with E-state index in [0.29, 0.717) is 13.1 Å². The number of hydrogen-bond donors (Lipinski definition) is 2. The highest BCUT2D eigenvalue weighted by Crippen LogP contribution is 2.22. The van der Waals surface area contributed by atoms with E-state index in [9.17, 15) is 14.9 Å². The van der Waals surface area contributed by atoms with E-state index in [4.69, 9.17) is 11.5 Å². The minimum atomic E-state index is -0.543. The summed E-state index contributed by atoms with van der Waals surface area (Å²) in [5, 5.41) is 10.7. The van der Waals surface area contributed by atoms with Crippen molar-refractivity contribution in [3.8, 4) is 0 Å². The number of benzene rings is 1. The highest BCUT2D eigenvalue weighted by atomic mass is 16.6. The van der Waals surface area contributed by atoms with Crippen LogP contribution in [0.15, 0.2) is 18.2 Å². The number of nitrogens with two attached hydrogens (primary N) is 2. The van der Waals surface area contributed by atoms with E-state index in [-0.39, 0.29) is 28.9 Å². The molecule has 1 aromatic carbocycles. The van der Waals surface area contributed by atoms with Gasteiger partial charge in [0.2, 0.25) is 0 Å². The van der Waals surface area contributed by atoms with Crippen molar-refractivity contribution in [1.29, 1.82) is 0 Å². The average Bonchev–Trinajstić information content (AvgIpc) is 2.38. The van der Waals surface area contributed by atoms with E-state index in [1.807, 2.05) is 0 Å². The third-order valence-electron chi connectivity index (χ3n) is 3.22. The van der Waals surface area contributed by atoms with Crippen molar-refractivity contribution in [3.63, 3.8) is 0 Å². The molecule has 0 spiro atoms. The fraction of sp³-hybridized carbons (Fsp3) is 0.417. The largest absolute Gasteiger partial charge is 0.398 e. The topological polar surface area (TPSA) is 115 Å². The molecule has 0 aromatic heterocycles. The molecule has 0 aliphatic carbocycles. The zero-order valence-electron chi connectivity index (χ0n) is 10.4. The summed E-state index contributed by atoms with van der Waals surface area (Å²) in [5.74, 6) is -0.295. The number of nitrogens with zero attached hydrogens (tertiary/aromatic N) is 2. The third kappa shape index (κ3) is 2.82. The Labute approximate surface area is 110 Å². The Kier molecular flexibility index (Phi) is 3.66. The molecule has 1 aromatic rings. The van der Waals surface area contributed by atoms with Crippen LogP contribution < -0.4 is 11.5 Å². The molecule has 19 heavy (non-hydrogen) atoms. The Balaban J connectivity index is 2.27. The average molecular weight is 264 g/mol. The maximum atomic E-state index is 12.3. The Morgan fingerprint density at radius 2 is 2.21 bits per heavy atom. The second-order valence-corrected chi connectivity index (χ2v) is 4.68. The minimum Gasteiger partial charge on any atom is -0.398 e. The van der Waals surface area contributed by atoms with Crippen molar-refractivity contribution in [1.82, 2.24) is 4.90 Å². The van der Waals surface area contributed by atoms with E-state index in [1.165, 1.54) is 18.2 Å². The fourth-order valence-electron chi connectivity index (χ4n) is 2.21. The first kappa shape index (κ1) is 13.3. The van der Waals surface area contributed by atoms with Gasteiger partial charge in [-0.3, -0.25) is 14.9 Å². The summed E-state index contributed by atoms with van der Waals surface area (Å²) in [4.78, 5) is 24.1. The monoisotopic (exact) mass is 264 g/mol. The van der Waals surface area contributed by atoms with Gasteiger partial charge in [0.1, 0.15) is 0 Å². The van der Waals surface area contributed by atoms with Gasteiger partial charge < -0.3 is 16.4 Å². The summed E-state index contributed by atoms with van der Waals surface area (Å²) in [6, 6.07) is 3.85. The number of non-ortho nitro benzene ring substituents is 1. The number of nitro groups is 1. The number of nitro benzene ring substituents is 1. The lowest BCUT2D eigenvalue weighted by Gasteiger charge is -2.31. The second kappa shape index (κ2) is 5.23. The minimum absolute atomic E-state index is 0.0439. The number of rotatable bonds is 2. The van der Waals surface area contributed by atoms with E-state index < -0.39 is 4.92 Å². The molecule has 1 saturated heterocycles. The van der Waals surface area contributed by atoms with Crippen LogP contribution in [0.3, 0.4) is 0 Å². The third-order valence-corrected chi connectivity index (χ3v) is 3.22. The fourth-order valence-corrected chi connectivity index (χ4v) is 2.21. The number of nitrogen functional groups attached to an aromatic ring is 1. The molecule has 1 fully saturated rings. The summed E-state index contributed by atoms with van der Waals surface area (Å²) in [7, 11) is 0. The van der Waals surface area contributed by atoms with E-state index in [1.54, 1.807) is 4.90 Å². The van der Waals surface area contributed by atoms with Crippen LogP contribution >= 0.6 is 0 Å². The highest BCUT2D eigenvalue weighted by Gasteiger charge is 2.25. The Hall–Kier alpha value is -2.15. The molecular weight excluding hydrogens is 248 g/mol. The summed E-state index contributed by atoms with van der Waals surface area (Å²) in [6.07, 6.45) is 1.72. The van der Waals surface area contributed by atoms with E-state index in [2.05, 4.69) is 0 Å². The van der Waals surface area contributed by atoms with Gasteiger partial charge >= 0.3 is 0 Å². The van der Waals surface area contributed by atoms with Crippen LogP contribution in [0, 0.1) is 10.1 Å². The molecule has 0 radical (unpaired) electrons. The van der Waals surface area contributed by atoms with Crippen molar-refractivity contribution in [2.24, 2.45) is 5.73 Å². The van der Waals surface area contributed by atoms with Gasteiger partial charge in [0.05, 0.1) is 10.5 Å². The molecule has 1 amide bonds. The van der Waals surface area contributed by atoms with Gasteiger partial charge in [-0.1, -0.05) is 0 Å². The molecule has 102 valence electrons. The van der Waals surface area contributed by atoms with Crippen molar-refractivity contribution in [2.45, 2.75) is 18.9 Å². The first-order valence-electron chi connectivity index (χ1n) is 6.08. The van der Waals surface area contributed by atoms with Crippen LogP contribution in [-0.4, -0.2) is 34.9 Å². The molecule has 1 heterocycles. The first-order chi connectivity index (χ1) is 8.99. The smallest absolute Gasteiger partial charge is 0.270 e. The zero-order valence-corrected chi connectivity index (χ0v) is 10.4. The molecule has 1 aliphatic rings. The van der Waals surface area contributed by atoms with Gasteiger partial charge in [-0.25, -0.2) is 0 Å². The summed E-state index contributed by atoms with van der Waals surface area (Å²) >= 11 is 0. The summed E-state index contributed by atoms with van der Waals surface area (Å²) in [5.41, 5.74) is 11.8. The lowest BCUT2D eigenvalue weighted by molar-refractivity contribution is -0.384. The van der Waals surface area contributed by atoms with Crippen molar-refractivity contribution >= 4 is 17.3 Å². The van der Waals surface area contributed by atoms with Crippen LogP contribution in [-0.2, 0) is 0 Å². The molecule has 7 heteroatoms. The lowest BCUT2D eigenvalue weighted by Crippen LogP contribution is -2.45. The Bertz CT molecular complexity index is 518. The van der Waals surface area contributed by atoms with Crippen molar-refractivity contribution in [2.75, 3.05) is 18.8 Å². The number of piperidine rings is 1. The molecule has 0 saturated carbocycles. The van der Waals surface area contributed by atoms with E-state index >= 15 is 0 Å². The summed E-state index contributed by atoms with van der Waals surface area (Å²) in [6.45, 7) is 1.07. The van der Waals surface area contributed by atoms with Gasteiger partial charge in [0, 0.05) is 37.0 Å². The predicted molar refractivity (Wildman–Crippen MR) is 70.6 cm³/mol. The van der Waals surface area contributed by atoms with Crippen LogP contribution in [0.4, 0.5) is 11.4 Å². The quantitative estimate of drug-likeness (QED) is 0.464. The first-order valence-corrected chi connectivity index (χ1v) is 6.08. The molecule has 1 atom stereocenters. The van der Waals surface area contributed by atoms with Gasteiger partial charge in [0.25, 0.3) is 11.6 Å². The number of amides is 1. The Morgan fingerprint density at radius 3 is 2.84 bits per heavy atom. The number of hydrogen-bond acceptors (Lipinski definition) is 5. The Morgan fingerprint density at radius 1 is 1.47 bits per heavy atom. The standard InChI is InChI=1S/C12H16N4O3/c13-8-2-1-5-15(7-8)12(17)10-6-9(16(18)19)3-4-11(10)14/h3-4,6,8H,1-2,5,7,13-14H2. The van der Waals surface area contributed by atoms with Crippen LogP contribution in [0.5, 0.6) is 0 Å². The number of likely N-dealkylation sites (tertiary alicyclic amines) is 1. The SMILES string of the molecule is Nc1ccc([N+](=O)[O-])cc1C(=O)N1CCCC(N)C1. The van der Waals surface area contributed by atoms with Crippen LogP contribution in [0.1, 0.15) is 23.2 Å².